The van der Waals surface area contributed by atoms with Gasteiger partial charge in [0.15, 0.2) is 5.78 Å². The Bertz CT molecular complexity index is 315. The molecule has 1 aliphatic heterocycles. The summed E-state index contributed by atoms with van der Waals surface area (Å²) in [4.78, 5) is 14.8. The van der Waals surface area contributed by atoms with E-state index >= 15 is 0 Å². The predicted octanol–water partition coefficient (Wildman–Crippen LogP) is 3.96. The topological polar surface area (TPSA) is 20.3 Å². The molecule has 108 valence electrons. The molecule has 1 saturated heterocycles. The van der Waals surface area contributed by atoms with Crippen molar-refractivity contribution in [3.8, 4) is 0 Å². The molecule has 0 unspecified atom stereocenters. The Balaban J connectivity index is 1.72. The van der Waals surface area contributed by atoms with E-state index in [-0.39, 0.29) is 0 Å². The zero-order valence-electron chi connectivity index (χ0n) is 12.5. The van der Waals surface area contributed by atoms with Crippen molar-refractivity contribution in [3.05, 3.63) is 11.6 Å². The number of nitrogens with zero attached hydrogens (tertiary/aromatic N) is 1. The van der Waals surface area contributed by atoms with Gasteiger partial charge in [0.2, 0.25) is 0 Å². The van der Waals surface area contributed by atoms with E-state index in [9.17, 15) is 4.79 Å². The minimum atomic E-state index is 0.306. The van der Waals surface area contributed by atoms with E-state index in [1.807, 2.05) is 0 Å². The van der Waals surface area contributed by atoms with Gasteiger partial charge in [-0.05, 0) is 57.2 Å². The number of hydrogen-bond donors (Lipinski definition) is 0. The third kappa shape index (κ3) is 4.45. The first-order valence-electron chi connectivity index (χ1n) is 8.27. The molecule has 2 heteroatoms. The van der Waals surface area contributed by atoms with Crippen LogP contribution in [0.25, 0.3) is 0 Å². The molecule has 1 saturated carbocycles. The van der Waals surface area contributed by atoms with Crippen molar-refractivity contribution < 1.29 is 4.79 Å². The second kappa shape index (κ2) is 7.84. The molecule has 0 spiro atoms. The number of rotatable bonds is 7. The molecule has 0 aromatic heterocycles. The van der Waals surface area contributed by atoms with Gasteiger partial charge in [0.25, 0.3) is 0 Å². The van der Waals surface area contributed by atoms with Gasteiger partial charge >= 0.3 is 0 Å². The maximum absolute atomic E-state index is 12.3. The largest absolute Gasteiger partial charge is 0.303 e. The number of Topliss-reactive ketones (excluding diaryl/α,β-unsaturated/α-hetero) is 1. The number of unbranched alkanes of at least 4 members (excludes halogenated alkanes) is 4. The number of likely N-dealkylation sites (tertiary alicyclic amines) is 1. The van der Waals surface area contributed by atoms with Crippen molar-refractivity contribution in [2.24, 2.45) is 5.92 Å². The van der Waals surface area contributed by atoms with E-state index in [0.29, 0.717) is 11.7 Å². The van der Waals surface area contributed by atoms with E-state index in [4.69, 9.17) is 0 Å². The van der Waals surface area contributed by atoms with Gasteiger partial charge in [0.1, 0.15) is 0 Å². The normalized spacial score (nSPS) is 26.7. The van der Waals surface area contributed by atoms with Crippen LogP contribution >= 0.6 is 0 Å². The van der Waals surface area contributed by atoms with Crippen LogP contribution in [0.3, 0.4) is 0 Å². The van der Waals surface area contributed by atoms with Crippen molar-refractivity contribution >= 4 is 5.78 Å². The summed E-state index contributed by atoms with van der Waals surface area (Å²) >= 11 is 0. The number of allylic oxidation sites excluding steroid dienone is 2. The van der Waals surface area contributed by atoms with Gasteiger partial charge < -0.3 is 4.90 Å². The van der Waals surface area contributed by atoms with Crippen molar-refractivity contribution in [2.75, 3.05) is 19.6 Å². The SMILES string of the molecule is CCCCCC/C=C1\CC[C@H](CN2CCCC2)C1=O. The number of hydrogen-bond acceptors (Lipinski definition) is 2. The molecule has 0 N–H and O–H groups in total. The monoisotopic (exact) mass is 263 g/mol. The van der Waals surface area contributed by atoms with Crippen LogP contribution < -0.4 is 0 Å². The Hall–Kier alpha value is -0.630. The smallest absolute Gasteiger partial charge is 0.162 e. The molecule has 2 rings (SSSR count). The van der Waals surface area contributed by atoms with E-state index in [2.05, 4.69) is 17.9 Å². The van der Waals surface area contributed by atoms with Crippen LogP contribution in [0, 0.1) is 5.92 Å². The molecule has 0 aromatic rings. The van der Waals surface area contributed by atoms with E-state index < -0.39 is 0 Å². The second-order valence-electron chi connectivity index (χ2n) is 6.19. The predicted molar refractivity (Wildman–Crippen MR) is 80.2 cm³/mol. The molecule has 19 heavy (non-hydrogen) atoms. The summed E-state index contributed by atoms with van der Waals surface area (Å²) in [5.74, 6) is 0.766. The Morgan fingerprint density at radius 2 is 2.00 bits per heavy atom. The van der Waals surface area contributed by atoms with Crippen LogP contribution in [-0.2, 0) is 4.79 Å². The quantitative estimate of drug-likeness (QED) is 0.512. The van der Waals surface area contributed by atoms with Gasteiger partial charge in [-0.1, -0.05) is 32.3 Å². The van der Waals surface area contributed by atoms with Gasteiger partial charge in [-0.3, -0.25) is 4.79 Å². The van der Waals surface area contributed by atoms with Crippen molar-refractivity contribution in [3.63, 3.8) is 0 Å². The summed E-state index contributed by atoms with van der Waals surface area (Å²) in [5, 5.41) is 0. The van der Waals surface area contributed by atoms with Crippen LogP contribution in [0.1, 0.15) is 64.7 Å². The van der Waals surface area contributed by atoms with Crippen LogP contribution in [0.5, 0.6) is 0 Å². The molecule has 2 aliphatic rings. The summed E-state index contributed by atoms with van der Waals surface area (Å²) in [7, 11) is 0. The van der Waals surface area contributed by atoms with Crippen LogP contribution in [0.2, 0.25) is 0 Å². The van der Waals surface area contributed by atoms with Crippen LogP contribution in [0.4, 0.5) is 0 Å². The van der Waals surface area contributed by atoms with Gasteiger partial charge in [-0.25, -0.2) is 0 Å². The Labute approximate surface area is 118 Å². The lowest BCUT2D eigenvalue weighted by Crippen LogP contribution is -2.28. The van der Waals surface area contributed by atoms with E-state index in [1.165, 1.54) is 51.6 Å². The molecule has 1 aliphatic carbocycles. The lowest BCUT2D eigenvalue weighted by Gasteiger charge is -2.18. The average molecular weight is 263 g/mol. The van der Waals surface area contributed by atoms with Crippen molar-refractivity contribution in [2.45, 2.75) is 64.7 Å². The minimum absolute atomic E-state index is 0.306. The van der Waals surface area contributed by atoms with E-state index in [0.717, 1.165) is 31.4 Å². The summed E-state index contributed by atoms with van der Waals surface area (Å²) in [6.07, 6.45) is 13.3. The molecular formula is C17H29NO. The van der Waals surface area contributed by atoms with Gasteiger partial charge in [-0.2, -0.15) is 0 Å². The van der Waals surface area contributed by atoms with E-state index in [1.54, 1.807) is 0 Å². The lowest BCUT2D eigenvalue weighted by molar-refractivity contribution is -0.118. The van der Waals surface area contributed by atoms with Gasteiger partial charge in [0.05, 0.1) is 0 Å². The Morgan fingerprint density at radius 3 is 2.74 bits per heavy atom. The molecule has 2 nitrogen and oxygen atoms in total. The van der Waals surface area contributed by atoms with Crippen LogP contribution in [-0.4, -0.2) is 30.3 Å². The molecule has 0 bridgehead atoms. The van der Waals surface area contributed by atoms with Crippen LogP contribution in [0.15, 0.2) is 11.6 Å². The highest BCUT2D eigenvalue weighted by Gasteiger charge is 2.30. The van der Waals surface area contributed by atoms with Gasteiger partial charge in [-0.15, -0.1) is 0 Å². The fourth-order valence-electron chi connectivity index (χ4n) is 3.35. The minimum Gasteiger partial charge on any atom is -0.303 e. The summed E-state index contributed by atoms with van der Waals surface area (Å²) in [6.45, 7) is 5.67. The zero-order valence-corrected chi connectivity index (χ0v) is 12.5. The highest BCUT2D eigenvalue weighted by molar-refractivity contribution is 5.99. The number of carbonyl (C=O) groups is 1. The Kier molecular flexibility index (Phi) is 6.09. The molecule has 0 radical (unpaired) electrons. The molecule has 0 aromatic carbocycles. The fourth-order valence-corrected chi connectivity index (χ4v) is 3.35. The molecule has 2 fully saturated rings. The maximum Gasteiger partial charge on any atom is 0.162 e. The lowest BCUT2D eigenvalue weighted by atomic mass is 10.0. The zero-order chi connectivity index (χ0) is 13.5. The molecular weight excluding hydrogens is 234 g/mol. The maximum atomic E-state index is 12.3. The van der Waals surface area contributed by atoms with Gasteiger partial charge in [0, 0.05) is 12.5 Å². The Morgan fingerprint density at radius 1 is 1.21 bits per heavy atom. The number of carbonyl (C=O) groups excluding carboxylic acids is 1. The molecule has 1 heterocycles. The summed E-state index contributed by atoms with van der Waals surface area (Å²) in [6, 6.07) is 0. The summed E-state index contributed by atoms with van der Waals surface area (Å²) in [5.41, 5.74) is 1.14. The second-order valence-corrected chi connectivity index (χ2v) is 6.19. The highest BCUT2D eigenvalue weighted by atomic mass is 16.1. The molecule has 0 amide bonds. The average Bonchev–Trinajstić information content (AvgIpc) is 3.03. The van der Waals surface area contributed by atoms with Crippen molar-refractivity contribution in [1.29, 1.82) is 0 Å². The first-order chi connectivity index (χ1) is 9.31. The summed E-state index contributed by atoms with van der Waals surface area (Å²) < 4.78 is 0. The highest BCUT2D eigenvalue weighted by Crippen LogP contribution is 2.29. The van der Waals surface area contributed by atoms with Crippen molar-refractivity contribution in [1.82, 2.24) is 4.90 Å². The third-order valence-electron chi connectivity index (χ3n) is 4.58. The molecule has 1 atom stereocenters. The standard InChI is InChI=1S/C17H29NO/c1-2-3-4-5-6-9-15-10-11-16(17(15)19)14-18-12-7-8-13-18/h9,16H,2-8,10-14H2,1H3/b15-9+/t16-/m1/s1. The first-order valence-corrected chi connectivity index (χ1v) is 8.27. The first kappa shape index (κ1) is 14.8. The number of ketones is 1. The fraction of sp³-hybridized carbons (Fsp3) is 0.824. The third-order valence-corrected chi connectivity index (χ3v) is 4.58.